The Kier molecular flexibility index (Phi) is 21.4. The Morgan fingerprint density at radius 2 is 1.55 bits per heavy atom. The van der Waals surface area contributed by atoms with Crippen molar-refractivity contribution in [3.05, 3.63) is 123 Å². The van der Waals surface area contributed by atoms with Crippen LogP contribution in [0.2, 0.25) is 0 Å². The van der Waals surface area contributed by atoms with Crippen LogP contribution in [0.3, 0.4) is 0 Å². The fraction of sp³-hybridized carbons (Fsp3) is 0.467. The van der Waals surface area contributed by atoms with Gasteiger partial charge in [0.15, 0.2) is 11.5 Å². The van der Waals surface area contributed by atoms with Crippen LogP contribution < -0.4 is 19.8 Å². The molecule has 0 fully saturated rings. The van der Waals surface area contributed by atoms with Crippen LogP contribution in [-0.2, 0) is 33.7 Å². The predicted molar refractivity (Wildman–Crippen MR) is 215 cm³/mol. The molecule has 0 aliphatic carbocycles. The number of hydrogen-bond donors (Lipinski definition) is 1. The van der Waals surface area contributed by atoms with Gasteiger partial charge in [0.05, 0.1) is 26.2 Å². The highest BCUT2D eigenvalue weighted by Gasteiger charge is 2.31. The summed E-state index contributed by atoms with van der Waals surface area (Å²) in [4.78, 5) is 28.6. The number of aromatic amines is 1. The molecule has 1 aliphatic heterocycles. The lowest BCUT2D eigenvalue weighted by atomic mass is 9.82. The van der Waals surface area contributed by atoms with E-state index in [2.05, 4.69) is 43.1 Å². The van der Waals surface area contributed by atoms with Gasteiger partial charge in [-0.05, 0) is 78.6 Å². The average Bonchev–Trinajstić information content (AvgIpc) is 3.67. The van der Waals surface area contributed by atoms with Gasteiger partial charge in [-0.2, -0.15) is 0 Å². The molecule has 3 atom stereocenters. The number of benzene rings is 3. The smallest absolute Gasteiger partial charge is 0.309 e. The Bertz CT molecular complexity index is 1650. The van der Waals surface area contributed by atoms with Gasteiger partial charge in [0.25, 0.3) is 5.56 Å². The summed E-state index contributed by atoms with van der Waals surface area (Å²) in [5.74, 6) is 1.41. The van der Waals surface area contributed by atoms with Gasteiger partial charge in [0.2, 0.25) is 6.79 Å². The van der Waals surface area contributed by atoms with Crippen LogP contribution >= 0.6 is 0 Å². The summed E-state index contributed by atoms with van der Waals surface area (Å²) in [6.45, 7) is 18.1. The SMILES string of the molecule is CC.CC.CCCCc1ccc([C@H](c2ccc3c(c2)OCO3)C(C)C(=O)OCCC)c(=O)[nH]1.COc1cccc(CC(C)COCc2ccccc2)c1. The first-order valence-electron chi connectivity index (χ1n) is 19.4. The number of aryl methyl sites for hydroxylation is 1. The van der Waals surface area contributed by atoms with Gasteiger partial charge >= 0.3 is 5.97 Å². The van der Waals surface area contributed by atoms with Crippen LogP contribution in [0, 0.1) is 11.8 Å². The van der Waals surface area contributed by atoms with Crippen molar-refractivity contribution in [1.29, 1.82) is 0 Å². The van der Waals surface area contributed by atoms with Gasteiger partial charge in [-0.3, -0.25) is 9.59 Å². The maximum absolute atomic E-state index is 12.9. The number of methoxy groups -OCH3 is 1. The van der Waals surface area contributed by atoms with E-state index in [0.29, 0.717) is 36.2 Å². The number of H-pyrrole nitrogens is 1. The van der Waals surface area contributed by atoms with E-state index in [-0.39, 0.29) is 18.3 Å². The molecule has 2 heterocycles. The van der Waals surface area contributed by atoms with Crippen molar-refractivity contribution in [2.45, 2.75) is 100 Å². The molecule has 4 aromatic rings. The number of aromatic nitrogens is 1. The average molecular weight is 730 g/mol. The molecule has 0 amide bonds. The molecule has 8 heteroatoms. The van der Waals surface area contributed by atoms with Crippen molar-refractivity contribution in [3.63, 3.8) is 0 Å². The van der Waals surface area contributed by atoms with Crippen LogP contribution in [0.15, 0.2) is 89.7 Å². The van der Waals surface area contributed by atoms with E-state index < -0.39 is 11.8 Å². The zero-order valence-corrected chi connectivity index (χ0v) is 33.5. The second-order valence-corrected chi connectivity index (χ2v) is 12.6. The third kappa shape index (κ3) is 14.8. The summed E-state index contributed by atoms with van der Waals surface area (Å²) >= 11 is 0. The molecular weight excluding hydrogens is 666 g/mol. The maximum atomic E-state index is 12.9. The molecule has 1 aromatic heterocycles. The number of rotatable bonds is 16. The number of carbonyl (C=O) groups excluding carboxylic acids is 1. The van der Waals surface area contributed by atoms with E-state index in [4.69, 9.17) is 23.7 Å². The quantitative estimate of drug-likeness (QED) is 0.115. The second-order valence-electron chi connectivity index (χ2n) is 12.6. The molecule has 2 unspecified atom stereocenters. The Morgan fingerprint density at radius 3 is 2.23 bits per heavy atom. The van der Waals surface area contributed by atoms with Crippen molar-refractivity contribution < 1.29 is 28.5 Å². The standard InChI is InChI=1S/C23H29NO5.C18H22O2.2C2H6/c1-4-6-7-17-9-10-18(22(25)24-17)21(15(3)23(26)27-12-5-2)16-8-11-19-20(13-16)29-14-28-19;1-15(11-17-9-6-10-18(12-17)19-2)13-20-14-16-7-4-3-5-8-16;2*1-2/h8-11,13,15,21H,4-7,12,14H2,1-3H3,(H,24,25);3-10,12,15H,11,13-14H2,1-2H3;2*1-2H3/t15?,21-;;;/m0.../s1. The van der Waals surface area contributed by atoms with Crippen LogP contribution in [0.5, 0.6) is 17.2 Å². The van der Waals surface area contributed by atoms with E-state index in [9.17, 15) is 9.59 Å². The first-order valence-corrected chi connectivity index (χ1v) is 19.4. The highest BCUT2D eigenvalue weighted by molar-refractivity contribution is 5.74. The number of carbonyl (C=O) groups is 1. The lowest BCUT2D eigenvalue weighted by molar-refractivity contribution is -0.148. The minimum Gasteiger partial charge on any atom is -0.497 e. The number of unbranched alkanes of at least 4 members (excludes halogenated alkanes) is 1. The molecule has 8 nitrogen and oxygen atoms in total. The van der Waals surface area contributed by atoms with Crippen molar-refractivity contribution in [1.82, 2.24) is 4.98 Å². The maximum Gasteiger partial charge on any atom is 0.309 e. The van der Waals surface area contributed by atoms with Crippen molar-refractivity contribution in [3.8, 4) is 17.2 Å². The first kappa shape index (κ1) is 44.6. The van der Waals surface area contributed by atoms with Crippen LogP contribution in [0.1, 0.15) is 109 Å². The molecule has 0 saturated carbocycles. The van der Waals surface area contributed by atoms with E-state index >= 15 is 0 Å². The number of esters is 1. The van der Waals surface area contributed by atoms with Crippen LogP contribution in [-0.4, -0.2) is 38.1 Å². The fourth-order valence-corrected chi connectivity index (χ4v) is 5.81. The molecule has 1 aliphatic rings. The van der Waals surface area contributed by atoms with Gasteiger partial charge in [0.1, 0.15) is 5.75 Å². The minimum absolute atomic E-state index is 0.170. The van der Waals surface area contributed by atoms with Gasteiger partial charge in [-0.25, -0.2) is 0 Å². The van der Waals surface area contributed by atoms with E-state index in [1.54, 1.807) is 14.0 Å². The molecule has 0 radical (unpaired) electrons. The topological polar surface area (TPSA) is 96.1 Å². The number of nitrogens with one attached hydrogen (secondary N) is 1. The molecule has 0 bridgehead atoms. The van der Waals surface area contributed by atoms with E-state index in [0.717, 1.165) is 55.7 Å². The van der Waals surface area contributed by atoms with E-state index in [1.165, 1.54) is 11.1 Å². The molecule has 5 rings (SSSR count). The Balaban J connectivity index is 0.000000354. The summed E-state index contributed by atoms with van der Waals surface area (Å²) in [7, 11) is 1.70. The summed E-state index contributed by atoms with van der Waals surface area (Å²) in [6.07, 6.45) is 4.66. The molecule has 0 saturated heterocycles. The van der Waals surface area contributed by atoms with Crippen molar-refractivity contribution >= 4 is 5.97 Å². The van der Waals surface area contributed by atoms with E-state index in [1.807, 2.05) is 95.3 Å². The second kappa shape index (κ2) is 25.4. The molecule has 290 valence electrons. The Morgan fingerprint density at radius 1 is 0.830 bits per heavy atom. The Hall–Kier alpha value is -4.56. The third-order valence-corrected chi connectivity index (χ3v) is 8.44. The van der Waals surface area contributed by atoms with Gasteiger partial charge in [-0.15, -0.1) is 0 Å². The summed E-state index contributed by atoms with van der Waals surface area (Å²) in [5, 5.41) is 0. The molecule has 53 heavy (non-hydrogen) atoms. The monoisotopic (exact) mass is 729 g/mol. The number of pyridine rings is 1. The highest BCUT2D eigenvalue weighted by atomic mass is 16.7. The van der Waals surface area contributed by atoms with Gasteiger partial charge in [-0.1, -0.05) is 116 Å². The highest BCUT2D eigenvalue weighted by Crippen LogP contribution is 2.39. The fourth-order valence-electron chi connectivity index (χ4n) is 5.81. The molecule has 1 N–H and O–H groups in total. The van der Waals surface area contributed by atoms with Crippen molar-refractivity contribution in [2.24, 2.45) is 11.8 Å². The Labute approximate surface area is 318 Å². The normalized spacial score (nSPS) is 12.7. The third-order valence-electron chi connectivity index (χ3n) is 8.44. The summed E-state index contributed by atoms with van der Waals surface area (Å²) in [6, 6.07) is 27.8. The summed E-state index contributed by atoms with van der Waals surface area (Å²) in [5.41, 5.74) is 4.62. The summed E-state index contributed by atoms with van der Waals surface area (Å²) < 4.78 is 27.3. The largest absolute Gasteiger partial charge is 0.497 e. The van der Waals surface area contributed by atoms with Crippen molar-refractivity contribution in [2.75, 3.05) is 27.1 Å². The number of fused-ring (bicyclic) bond motifs is 1. The molecular formula is C45H63NO7. The zero-order valence-electron chi connectivity index (χ0n) is 33.5. The zero-order chi connectivity index (χ0) is 39.0. The molecule has 0 spiro atoms. The lowest BCUT2D eigenvalue weighted by Gasteiger charge is -2.23. The lowest BCUT2D eigenvalue weighted by Crippen LogP contribution is -2.28. The van der Waals surface area contributed by atoms with Crippen LogP contribution in [0.4, 0.5) is 0 Å². The first-order chi connectivity index (χ1) is 25.8. The number of hydrogen-bond acceptors (Lipinski definition) is 7. The number of ether oxygens (including phenoxy) is 5. The minimum atomic E-state index is -0.524. The van der Waals surface area contributed by atoms with Crippen LogP contribution in [0.25, 0.3) is 0 Å². The predicted octanol–water partition coefficient (Wildman–Crippen LogP) is 10.3. The molecule has 3 aromatic carbocycles. The van der Waals surface area contributed by atoms with Gasteiger partial charge in [0, 0.05) is 23.8 Å². The van der Waals surface area contributed by atoms with Gasteiger partial charge < -0.3 is 28.7 Å².